The van der Waals surface area contributed by atoms with Gasteiger partial charge in [0.25, 0.3) is 0 Å². The van der Waals surface area contributed by atoms with Crippen molar-refractivity contribution in [3.05, 3.63) is 53.6 Å². The normalized spacial score (nSPS) is 13.3. The van der Waals surface area contributed by atoms with Crippen molar-refractivity contribution < 1.29 is 19.4 Å². The number of amides is 2. The second-order valence-corrected chi connectivity index (χ2v) is 4.86. The highest BCUT2D eigenvalue weighted by molar-refractivity contribution is 6.08. The average Bonchev–Trinajstić information content (AvgIpc) is 2.53. The Labute approximate surface area is 126 Å². The second-order valence-electron chi connectivity index (χ2n) is 4.86. The third-order valence-electron chi connectivity index (χ3n) is 3.56. The van der Waals surface area contributed by atoms with Crippen LogP contribution in [0.15, 0.2) is 42.5 Å². The molecule has 0 saturated heterocycles. The van der Waals surface area contributed by atoms with Gasteiger partial charge in [-0.05, 0) is 29.8 Å². The van der Waals surface area contributed by atoms with E-state index in [4.69, 9.17) is 4.74 Å². The molecular weight excluding hydrogens is 284 g/mol. The maximum absolute atomic E-state index is 12.3. The number of hydrogen-bond donors (Lipinski definition) is 2. The lowest BCUT2D eigenvalue weighted by atomic mass is 10.1. The lowest BCUT2D eigenvalue weighted by Gasteiger charge is -2.30. The number of methoxy groups -OCH3 is 1. The molecule has 6 heteroatoms. The maximum atomic E-state index is 12.3. The zero-order valence-corrected chi connectivity index (χ0v) is 11.9. The average molecular weight is 298 g/mol. The third-order valence-corrected chi connectivity index (χ3v) is 3.56. The summed E-state index contributed by atoms with van der Waals surface area (Å²) in [5.41, 5.74) is 2.03. The molecule has 0 atom stereocenters. The molecule has 3 rings (SSSR count). The Kier molecular flexibility index (Phi) is 3.42. The van der Waals surface area contributed by atoms with Crippen molar-refractivity contribution >= 4 is 23.4 Å². The highest BCUT2D eigenvalue weighted by atomic mass is 16.5. The van der Waals surface area contributed by atoms with Gasteiger partial charge in [-0.2, -0.15) is 0 Å². The molecule has 1 aliphatic heterocycles. The molecule has 0 aromatic heterocycles. The quantitative estimate of drug-likeness (QED) is 0.913. The van der Waals surface area contributed by atoms with Crippen molar-refractivity contribution in [3.63, 3.8) is 0 Å². The number of para-hydroxylation sites is 1. The van der Waals surface area contributed by atoms with Gasteiger partial charge in [0.05, 0.1) is 24.9 Å². The number of urea groups is 1. The van der Waals surface area contributed by atoms with E-state index in [2.05, 4.69) is 5.32 Å². The summed E-state index contributed by atoms with van der Waals surface area (Å²) in [6, 6.07) is 11.7. The first-order valence-electron chi connectivity index (χ1n) is 6.68. The maximum Gasteiger partial charge on any atom is 0.337 e. The number of nitrogens with one attached hydrogen (secondary N) is 1. The van der Waals surface area contributed by atoms with Gasteiger partial charge >= 0.3 is 12.0 Å². The van der Waals surface area contributed by atoms with Gasteiger partial charge in [0.2, 0.25) is 0 Å². The van der Waals surface area contributed by atoms with Crippen LogP contribution < -0.4 is 15.0 Å². The fraction of sp³-hybridized carbons (Fsp3) is 0.125. The van der Waals surface area contributed by atoms with Gasteiger partial charge in [-0.1, -0.05) is 18.2 Å². The number of hydrogen-bond acceptors (Lipinski definition) is 3. The van der Waals surface area contributed by atoms with Crippen molar-refractivity contribution in [2.24, 2.45) is 0 Å². The molecule has 6 nitrogen and oxygen atoms in total. The van der Waals surface area contributed by atoms with Gasteiger partial charge in [0.1, 0.15) is 5.75 Å². The number of carbonyl (C=O) groups is 2. The van der Waals surface area contributed by atoms with E-state index in [1.54, 1.807) is 12.1 Å². The Morgan fingerprint density at radius 2 is 2.05 bits per heavy atom. The Balaban J connectivity index is 2.04. The number of benzene rings is 2. The Hall–Kier alpha value is -3.02. The summed E-state index contributed by atoms with van der Waals surface area (Å²) in [7, 11) is 1.46. The number of anilines is 2. The topological polar surface area (TPSA) is 78.9 Å². The molecule has 0 spiro atoms. The van der Waals surface area contributed by atoms with E-state index in [-0.39, 0.29) is 11.6 Å². The fourth-order valence-electron chi connectivity index (χ4n) is 2.45. The SMILES string of the molecule is COc1ccc(N2Cc3ccccc3NC2=O)c(C(=O)O)c1. The molecule has 1 heterocycles. The summed E-state index contributed by atoms with van der Waals surface area (Å²) in [5.74, 6) is -0.681. The van der Waals surface area contributed by atoms with E-state index in [9.17, 15) is 14.7 Å². The molecule has 0 aliphatic carbocycles. The van der Waals surface area contributed by atoms with Gasteiger partial charge in [0, 0.05) is 5.69 Å². The van der Waals surface area contributed by atoms with E-state index in [1.165, 1.54) is 18.1 Å². The predicted molar refractivity (Wildman–Crippen MR) is 81.6 cm³/mol. The smallest absolute Gasteiger partial charge is 0.337 e. The number of carbonyl (C=O) groups excluding carboxylic acids is 1. The molecule has 2 aromatic rings. The first kappa shape index (κ1) is 13.9. The van der Waals surface area contributed by atoms with E-state index in [0.717, 1.165) is 11.3 Å². The summed E-state index contributed by atoms with van der Waals surface area (Å²) in [4.78, 5) is 25.2. The molecule has 2 amide bonds. The molecular formula is C16H14N2O4. The highest BCUT2D eigenvalue weighted by Gasteiger charge is 2.27. The minimum Gasteiger partial charge on any atom is -0.497 e. The third kappa shape index (κ3) is 2.35. The summed E-state index contributed by atoms with van der Waals surface area (Å²) in [6.45, 7) is 0.314. The molecule has 0 unspecified atom stereocenters. The van der Waals surface area contributed by atoms with Crippen LogP contribution >= 0.6 is 0 Å². The monoisotopic (exact) mass is 298 g/mol. The van der Waals surface area contributed by atoms with Crippen LogP contribution in [0.5, 0.6) is 5.75 Å². The van der Waals surface area contributed by atoms with E-state index >= 15 is 0 Å². The van der Waals surface area contributed by atoms with E-state index in [0.29, 0.717) is 18.0 Å². The van der Waals surface area contributed by atoms with Crippen molar-refractivity contribution in [2.75, 3.05) is 17.3 Å². The Bertz CT molecular complexity index is 758. The van der Waals surface area contributed by atoms with Crippen molar-refractivity contribution in [3.8, 4) is 5.75 Å². The van der Waals surface area contributed by atoms with Crippen LogP contribution in [0.4, 0.5) is 16.2 Å². The zero-order valence-electron chi connectivity index (χ0n) is 11.9. The van der Waals surface area contributed by atoms with E-state index < -0.39 is 5.97 Å². The summed E-state index contributed by atoms with van der Waals surface area (Å²) in [6.07, 6.45) is 0. The van der Waals surface area contributed by atoms with Crippen LogP contribution in [0.2, 0.25) is 0 Å². The Morgan fingerprint density at radius 3 is 2.77 bits per heavy atom. The molecule has 0 fully saturated rings. The summed E-state index contributed by atoms with van der Waals surface area (Å²) < 4.78 is 5.05. The van der Waals surface area contributed by atoms with Gasteiger partial charge < -0.3 is 15.2 Å². The van der Waals surface area contributed by atoms with Crippen LogP contribution in [0.3, 0.4) is 0 Å². The van der Waals surface area contributed by atoms with Crippen molar-refractivity contribution in [2.45, 2.75) is 6.54 Å². The molecule has 2 aromatic carbocycles. The number of ether oxygens (including phenoxy) is 1. The van der Waals surface area contributed by atoms with Crippen LogP contribution in [0, 0.1) is 0 Å². The summed E-state index contributed by atoms with van der Waals surface area (Å²) >= 11 is 0. The minimum absolute atomic E-state index is 0.0221. The first-order valence-corrected chi connectivity index (χ1v) is 6.68. The molecule has 22 heavy (non-hydrogen) atoms. The largest absolute Gasteiger partial charge is 0.497 e. The molecule has 112 valence electrons. The van der Waals surface area contributed by atoms with Gasteiger partial charge in [0.15, 0.2) is 0 Å². The summed E-state index contributed by atoms with van der Waals surface area (Å²) in [5, 5.41) is 12.1. The molecule has 0 radical (unpaired) electrons. The molecule has 0 saturated carbocycles. The highest BCUT2D eigenvalue weighted by Crippen LogP contribution is 2.31. The van der Waals surface area contributed by atoms with Gasteiger partial charge in [-0.15, -0.1) is 0 Å². The first-order chi connectivity index (χ1) is 10.6. The van der Waals surface area contributed by atoms with E-state index in [1.807, 2.05) is 24.3 Å². The predicted octanol–water partition coefficient (Wildman–Crippen LogP) is 2.95. The number of carboxylic acid groups (broad SMARTS) is 1. The lowest BCUT2D eigenvalue weighted by molar-refractivity contribution is 0.0697. The van der Waals surface area contributed by atoms with Crippen molar-refractivity contribution in [1.29, 1.82) is 0 Å². The zero-order chi connectivity index (χ0) is 15.7. The van der Waals surface area contributed by atoms with Crippen molar-refractivity contribution in [1.82, 2.24) is 0 Å². The number of aromatic carboxylic acids is 1. The van der Waals surface area contributed by atoms with Gasteiger partial charge in [-0.3, -0.25) is 4.90 Å². The van der Waals surface area contributed by atoms with Crippen LogP contribution in [0.1, 0.15) is 15.9 Å². The standard InChI is InChI=1S/C16H14N2O4/c1-22-11-6-7-14(12(8-11)15(19)20)18-9-10-4-2-3-5-13(10)17-16(18)21/h2-8H,9H2,1H3,(H,17,21)(H,19,20). The second kappa shape index (κ2) is 5.40. The number of carboxylic acids is 1. The fourth-order valence-corrected chi connectivity index (χ4v) is 2.45. The molecule has 2 N–H and O–H groups in total. The van der Waals surface area contributed by atoms with Crippen LogP contribution in [-0.4, -0.2) is 24.2 Å². The number of rotatable bonds is 3. The molecule has 1 aliphatic rings. The van der Waals surface area contributed by atoms with Gasteiger partial charge in [-0.25, -0.2) is 9.59 Å². The molecule has 0 bridgehead atoms. The Morgan fingerprint density at radius 1 is 1.27 bits per heavy atom. The van der Waals surface area contributed by atoms with Crippen LogP contribution in [-0.2, 0) is 6.54 Å². The number of nitrogens with zero attached hydrogens (tertiary/aromatic N) is 1. The number of fused-ring (bicyclic) bond motifs is 1. The minimum atomic E-state index is -1.11. The lowest BCUT2D eigenvalue weighted by Crippen LogP contribution is -2.39. The van der Waals surface area contributed by atoms with Crippen LogP contribution in [0.25, 0.3) is 0 Å².